The van der Waals surface area contributed by atoms with Crippen molar-refractivity contribution in [3.8, 4) is 17.1 Å². The first-order valence-corrected chi connectivity index (χ1v) is 11.6. The third-order valence-electron chi connectivity index (χ3n) is 6.66. The second-order valence-corrected chi connectivity index (χ2v) is 9.22. The number of pyridine rings is 1. The largest absolute Gasteiger partial charge is 0.480 e. The van der Waals surface area contributed by atoms with Crippen LogP contribution in [0.3, 0.4) is 0 Å². The number of nitrogens with zero attached hydrogens (tertiary/aromatic N) is 5. The van der Waals surface area contributed by atoms with Gasteiger partial charge in [-0.05, 0) is 31.0 Å². The second-order valence-electron chi connectivity index (χ2n) is 9.22. The molecule has 2 atom stereocenters. The fraction of sp³-hybridized carbons (Fsp3) is 0.478. The predicted octanol–water partition coefficient (Wildman–Crippen LogP) is 2.95. The van der Waals surface area contributed by atoms with Crippen molar-refractivity contribution in [2.75, 3.05) is 32.5 Å². The summed E-state index contributed by atoms with van der Waals surface area (Å²) in [5, 5.41) is 6.62. The van der Waals surface area contributed by atoms with E-state index in [1.807, 2.05) is 4.90 Å². The predicted molar refractivity (Wildman–Crippen MR) is 122 cm³/mol. The molecule has 0 aromatic carbocycles. The summed E-state index contributed by atoms with van der Waals surface area (Å²) in [4.78, 5) is 22.9. The number of nitrogens with one attached hydrogen (secondary N) is 1. The lowest BCUT2D eigenvalue weighted by atomic mass is 10.1. The maximum absolute atomic E-state index is 14.7. The first-order chi connectivity index (χ1) is 17.2. The summed E-state index contributed by atoms with van der Waals surface area (Å²) < 4.78 is 61.9. The highest BCUT2D eigenvalue weighted by Crippen LogP contribution is 2.39. The molecular weight excluding hydrogens is 482 g/mol. The molecule has 3 aromatic rings. The number of rotatable bonds is 7. The molecular formula is C23H25F4N7O2. The van der Waals surface area contributed by atoms with Crippen molar-refractivity contribution in [3.05, 3.63) is 35.8 Å². The zero-order valence-electron chi connectivity index (χ0n) is 19.4. The number of fused-ring (bicyclic) bond motifs is 1. The molecule has 2 fully saturated rings. The molecule has 1 aliphatic heterocycles. The van der Waals surface area contributed by atoms with E-state index in [4.69, 9.17) is 10.5 Å². The van der Waals surface area contributed by atoms with Gasteiger partial charge in [-0.15, -0.1) is 0 Å². The molecule has 0 spiro atoms. The number of halogens is 4. The number of likely N-dealkylation sites (tertiary alicyclic amines) is 1. The molecule has 3 aromatic heterocycles. The number of anilines is 1. The van der Waals surface area contributed by atoms with E-state index in [0.717, 1.165) is 35.8 Å². The molecule has 1 saturated heterocycles. The van der Waals surface area contributed by atoms with Crippen LogP contribution in [-0.2, 0) is 6.18 Å². The monoisotopic (exact) mass is 507 g/mol. The lowest BCUT2D eigenvalue weighted by Gasteiger charge is -2.17. The molecule has 36 heavy (non-hydrogen) atoms. The molecule has 2 unspecified atom stereocenters. The Labute approximate surface area is 203 Å². The summed E-state index contributed by atoms with van der Waals surface area (Å²) in [5.74, 6) is -0.298. The van der Waals surface area contributed by atoms with Gasteiger partial charge in [0.05, 0.1) is 24.4 Å². The fourth-order valence-corrected chi connectivity index (χ4v) is 4.58. The summed E-state index contributed by atoms with van der Waals surface area (Å²) in [7, 11) is 1.31. The molecule has 1 saturated carbocycles. The van der Waals surface area contributed by atoms with Crippen LogP contribution in [0.2, 0.25) is 0 Å². The van der Waals surface area contributed by atoms with Crippen molar-refractivity contribution in [3.63, 3.8) is 0 Å². The number of amides is 1. The molecule has 192 valence electrons. The van der Waals surface area contributed by atoms with Crippen molar-refractivity contribution < 1.29 is 27.1 Å². The van der Waals surface area contributed by atoms with E-state index < -0.39 is 35.4 Å². The number of ether oxygens (including phenoxy) is 1. The van der Waals surface area contributed by atoms with E-state index in [2.05, 4.69) is 20.4 Å². The first-order valence-electron chi connectivity index (χ1n) is 11.6. The van der Waals surface area contributed by atoms with Gasteiger partial charge < -0.3 is 15.8 Å². The van der Waals surface area contributed by atoms with Crippen LogP contribution >= 0.6 is 0 Å². The highest BCUT2D eigenvalue weighted by atomic mass is 19.4. The van der Waals surface area contributed by atoms with Gasteiger partial charge in [0.2, 0.25) is 5.88 Å². The maximum atomic E-state index is 14.7. The Morgan fingerprint density at radius 2 is 2.03 bits per heavy atom. The molecule has 2 aliphatic rings. The van der Waals surface area contributed by atoms with E-state index in [1.54, 1.807) is 0 Å². The van der Waals surface area contributed by atoms with Crippen LogP contribution in [-0.4, -0.2) is 69.3 Å². The van der Waals surface area contributed by atoms with Crippen LogP contribution in [0.5, 0.6) is 5.88 Å². The van der Waals surface area contributed by atoms with Crippen LogP contribution in [0.15, 0.2) is 24.7 Å². The minimum atomic E-state index is -4.72. The second kappa shape index (κ2) is 9.19. The van der Waals surface area contributed by atoms with Crippen LogP contribution in [0.1, 0.15) is 35.2 Å². The van der Waals surface area contributed by atoms with Crippen molar-refractivity contribution in [2.45, 2.75) is 37.7 Å². The average molecular weight is 507 g/mol. The minimum Gasteiger partial charge on any atom is -0.480 e. The molecule has 0 bridgehead atoms. The number of nitrogens with two attached hydrogens (primary N) is 1. The molecule has 4 heterocycles. The van der Waals surface area contributed by atoms with Crippen molar-refractivity contribution >= 4 is 17.2 Å². The number of nitrogen functional groups attached to an aromatic ring is 1. The summed E-state index contributed by atoms with van der Waals surface area (Å²) in [6, 6.07) is 1.50. The molecule has 5 rings (SSSR count). The first kappa shape index (κ1) is 24.2. The van der Waals surface area contributed by atoms with E-state index in [9.17, 15) is 22.4 Å². The normalized spacial score (nSPS) is 20.7. The van der Waals surface area contributed by atoms with Crippen LogP contribution in [0, 0.1) is 5.92 Å². The van der Waals surface area contributed by atoms with Crippen LogP contribution in [0.25, 0.3) is 16.8 Å². The summed E-state index contributed by atoms with van der Waals surface area (Å²) in [6.45, 7) is 1.40. The van der Waals surface area contributed by atoms with E-state index in [0.29, 0.717) is 6.54 Å². The summed E-state index contributed by atoms with van der Waals surface area (Å²) >= 11 is 0. The van der Waals surface area contributed by atoms with Gasteiger partial charge in [-0.1, -0.05) is 12.8 Å². The molecule has 1 amide bonds. The average Bonchev–Trinajstić information content (AvgIpc) is 3.48. The number of carbonyl (C=O) groups is 1. The van der Waals surface area contributed by atoms with E-state index in [1.165, 1.54) is 32.2 Å². The van der Waals surface area contributed by atoms with Gasteiger partial charge in [-0.25, -0.2) is 18.9 Å². The Morgan fingerprint density at radius 3 is 2.72 bits per heavy atom. The highest BCUT2D eigenvalue weighted by molar-refractivity contribution is 5.98. The number of methoxy groups -OCH3 is 1. The fourth-order valence-electron chi connectivity index (χ4n) is 4.58. The topological polar surface area (TPSA) is 111 Å². The van der Waals surface area contributed by atoms with E-state index in [-0.39, 0.29) is 35.1 Å². The minimum absolute atomic E-state index is 0.00566. The quantitative estimate of drug-likeness (QED) is 0.473. The van der Waals surface area contributed by atoms with Gasteiger partial charge in [0.25, 0.3) is 5.91 Å². The zero-order valence-corrected chi connectivity index (χ0v) is 19.4. The van der Waals surface area contributed by atoms with Crippen molar-refractivity contribution in [1.29, 1.82) is 0 Å². The molecule has 0 radical (unpaired) electrons. The smallest absolute Gasteiger partial charge is 0.418 e. The van der Waals surface area contributed by atoms with Gasteiger partial charge in [0, 0.05) is 24.8 Å². The van der Waals surface area contributed by atoms with Crippen LogP contribution in [0.4, 0.5) is 23.4 Å². The molecule has 1 aliphatic carbocycles. The maximum Gasteiger partial charge on any atom is 0.418 e. The number of hydrogen-bond donors (Lipinski definition) is 2. The van der Waals surface area contributed by atoms with Crippen molar-refractivity contribution in [2.24, 2.45) is 5.92 Å². The van der Waals surface area contributed by atoms with Crippen molar-refractivity contribution in [1.82, 2.24) is 29.8 Å². The zero-order chi connectivity index (χ0) is 25.6. The Kier molecular flexibility index (Phi) is 6.18. The standard InChI is InChI=1S/C23H25F4N7O2/c1-36-22-14(21(35)32-17-10-33(9-16(17)24)5-4-12-2-3-12)6-13(8-29-22)18-7-15(23(25,26)27)19-20(28)30-11-31-34(18)19/h6-8,11-12,16-17H,2-5,9-10H2,1H3,(H,32,35)(H2,28,30,31). The molecule has 9 nitrogen and oxygen atoms in total. The third kappa shape index (κ3) is 4.66. The molecule has 3 N–H and O–H groups in total. The van der Waals surface area contributed by atoms with Gasteiger partial charge >= 0.3 is 6.18 Å². The van der Waals surface area contributed by atoms with Gasteiger partial charge in [0.1, 0.15) is 23.6 Å². The molecule has 13 heteroatoms. The number of alkyl halides is 4. The number of aromatic nitrogens is 4. The highest BCUT2D eigenvalue weighted by Gasteiger charge is 2.37. The lowest BCUT2D eigenvalue weighted by Crippen LogP contribution is -2.41. The Morgan fingerprint density at radius 1 is 1.25 bits per heavy atom. The Hall–Kier alpha value is -3.48. The SMILES string of the molecule is COc1ncc(-c2cc(C(F)(F)F)c3c(N)ncnn23)cc1C(=O)NC1CN(CCC2CC2)CC1F. The van der Waals surface area contributed by atoms with Crippen LogP contribution < -0.4 is 15.8 Å². The Balaban J connectivity index is 1.43. The summed E-state index contributed by atoms with van der Waals surface area (Å²) in [5.41, 5.74) is 4.43. The lowest BCUT2D eigenvalue weighted by molar-refractivity contribution is -0.136. The summed E-state index contributed by atoms with van der Waals surface area (Å²) in [6.07, 6.45) is -0.194. The number of hydrogen-bond acceptors (Lipinski definition) is 7. The van der Waals surface area contributed by atoms with Gasteiger partial charge in [-0.3, -0.25) is 9.69 Å². The number of carbonyl (C=O) groups excluding carboxylic acids is 1. The van der Waals surface area contributed by atoms with Gasteiger partial charge in [-0.2, -0.15) is 18.3 Å². The van der Waals surface area contributed by atoms with Gasteiger partial charge in [0.15, 0.2) is 5.82 Å². The Bertz CT molecular complexity index is 1290. The third-order valence-corrected chi connectivity index (χ3v) is 6.66. The van der Waals surface area contributed by atoms with E-state index >= 15 is 0 Å².